The van der Waals surface area contributed by atoms with Crippen molar-refractivity contribution < 1.29 is 22.7 Å². The van der Waals surface area contributed by atoms with E-state index in [4.69, 9.17) is 9.47 Å². The van der Waals surface area contributed by atoms with Crippen molar-refractivity contribution in [1.29, 1.82) is 0 Å². The van der Waals surface area contributed by atoms with Crippen molar-refractivity contribution in [3.8, 4) is 11.5 Å². The van der Waals surface area contributed by atoms with Crippen molar-refractivity contribution in [2.24, 2.45) is 0 Å². The Morgan fingerprint density at radius 2 is 1.76 bits per heavy atom. The Bertz CT molecular complexity index is 1240. The fourth-order valence-corrected chi connectivity index (χ4v) is 5.19. The minimum absolute atomic E-state index is 0.136. The third-order valence-corrected chi connectivity index (χ3v) is 7.13. The molecule has 1 saturated heterocycles. The van der Waals surface area contributed by atoms with Gasteiger partial charge in [-0.2, -0.15) is 0 Å². The molecule has 3 aromatic carbocycles. The van der Waals surface area contributed by atoms with Gasteiger partial charge in [0.25, 0.3) is 15.9 Å². The van der Waals surface area contributed by atoms with E-state index < -0.39 is 10.0 Å². The number of nitrogens with zero attached hydrogens (tertiary/aromatic N) is 1. The van der Waals surface area contributed by atoms with Crippen molar-refractivity contribution in [3.05, 3.63) is 83.9 Å². The molecule has 0 aromatic heterocycles. The third-order valence-electron chi connectivity index (χ3n) is 5.73. The minimum atomic E-state index is -3.75. The summed E-state index contributed by atoms with van der Waals surface area (Å²) < 4.78 is 38.7. The summed E-state index contributed by atoms with van der Waals surface area (Å²) in [5, 5.41) is 0. The number of sulfonamides is 1. The summed E-state index contributed by atoms with van der Waals surface area (Å²) >= 11 is 0. The number of anilines is 1. The van der Waals surface area contributed by atoms with Gasteiger partial charge in [0.1, 0.15) is 11.5 Å². The molecule has 0 saturated carbocycles. The smallest absolute Gasteiger partial charge is 0.261 e. The van der Waals surface area contributed by atoms with Gasteiger partial charge in [0.15, 0.2) is 0 Å². The number of likely N-dealkylation sites (tertiary alicyclic amines) is 1. The molecule has 0 radical (unpaired) electrons. The first-order chi connectivity index (χ1) is 15.9. The molecule has 1 aliphatic heterocycles. The van der Waals surface area contributed by atoms with Gasteiger partial charge in [-0.15, -0.1) is 0 Å². The lowest BCUT2D eigenvalue weighted by Crippen LogP contribution is -2.30. The van der Waals surface area contributed by atoms with Crippen LogP contribution in [0.1, 0.15) is 34.8 Å². The molecule has 172 valence electrons. The monoisotopic (exact) mass is 466 g/mol. The van der Waals surface area contributed by atoms with Crippen LogP contribution in [0.2, 0.25) is 0 Å². The molecule has 1 atom stereocenters. The summed E-state index contributed by atoms with van der Waals surface area (Å²) in [6, 6.07) is 20.2. The molecule has 1 amide bonds. The van der Waals surface area contributed by atoms with Crippen LogP contribution in [0.4, 0.5) is 5.69 Å². The molecule has 1 N–H and O–H groups in total. The van der Waals surface area contributed by atoms with Gasteiger partial charge in [-0.05, 0) is 55.3 Å². The van der Waals surface area contributed by atoms with Crippen LogP contribution < -0.4 is 14.2 Å². The number of benzene rings is 3. The standard InChI is InChI=1S/C25H26N2O5S/c1-31-20-13-14-22(24(17-20)32-2)23-12-7-15-27(23)25(28)18-8-6-9-19(16-18)26-33(29,30)21-10-4-3-5-11-21/h3-6,8-11,13-14,16-17,23,26H,7,12,15H2,1-2H3. The van der Waals surface area contributed by atoms with Crippen LogP contribution in [0.3, 0.4) is 0 Å². The van der Waals surface area contributed by atoms with E-state index in [0.717, 1.165) is 18.4 Å². The van der Waals surface area contributed by atoms with Gasteiger partial charge >= 0.3 is 0 Å². The zero-order chi connectivity index (χ0) is 23.4. The molecule has 0 bridgehead atoms. The van der Waals surface area contributed by atoms with E-state index in [9.17, 15) is 13.2 Å². The van der Waals surface area contributed by atoms with Gasteiger partial charge in [0, 0.05) is 29.4 Å². The normalized spacial score (nSPS) is 15.8. The van der Waals surface area contributed by atoms with Gasteiger partial charge in [-0.25, -0.2) is 8.42 Å². The average Bonchev–Trinajstić information content (AvgIpc) is 3.33. The largest absolute Gasteiger partial charge is 0.497 e. The summed E-state index contributed by atoms with van der Waals surface area (Å²) in [6.45, 7) is 0.610. The van der Waals surface area contributed by atoms with Crippen molar-refractivity contribution in [1.82, 2.24) is 4.90 Å². The zero-order valence-corrected chi connectivity index (χ0v) is 19.3. The first kappa shape index (κ1) is 22.7. The Morgan fingerprint density at radius 1 is 0.970 bits per heavy atom. The lowest BCUT2D eigenvalue weighted by molar-refractivity contribution is 0.0734. The van der Waals surface area contributed by atoms with Gasteiger partial charge in [-0.3, -0.25) is 9.52 Å². The van der Waals surface area contributed by atoms with Gasteiger partial charge in [0.2, 0.25) is 0 Å². The maximum atomic E-state index is 13.4. The molecule has 8 heteroatoms. The van der Waals surface area contributed by atoms with Gasteiger partial charge in [-0.1, -0.05) is 24.3 Å². The highest BCUT2D eigenvalue weighted by molar-refractivity contribution is 7.92. The van der Waals surface area contributed by atoms with E-state index >= 15 is 0 Å². The quantitative estimate of drug-likeness (QED) is 0.555. The lowest BCUT2D eigenvalue weighted by atomic mass is 10.0. The number of carbonyl (C=O) groups is 1. The Morgan fingerprint density at radius 3 is 2.48 bits per heavy atom. The minimum Gasteiger partial charge on any atom is -0.497 e. The highest BCUT2D eigenvalue weighted by Gasteiger charge is 2.32. The van der Waals surface area contributed by atoms with Gasteiger partial charge in [0.05, 0.1) is 25.2 Å². The molecule has 1 aliphatic rings. The lowest BCUT2D eigenvalue weighted by Gasteiger charge is -2.27. The van der Waals surface area contributed by atoms with Crippen LogP contribution in [-0.4, -0.2) is 40.0 Å². The zero-order valence-electron chi connectivity index (χ0n) is 18.5. The summed E-state index contributed by atoms with van der Waals surface area (Å²) in [7, 11) is -0.553. The molecule has 3 aromatic rings. The Kier molecular flexibility index (Phi) is 6.55. The highest BCUT2D eigenvalue weighted by atomic mass is 32.2. The molecule has 0 aliphatic carbocycles. The molecule has 7 nitrogen and oxygen atoms in total. The van der Waals surface area contributed by atoms with Crippen LogP contribution in [0.15, 0.2) is 77.7 Å². The first-order valence-corrected chi connectivity index (χ1v) is 12.1. The van der Waals surface area contributed by atoms with E-state index in [1.54, 1.807) is 56.7 Å². The number of carbonyl (C=O) groups excluding carboxylic acids is 1. The number of hydrogen-bond donors (Lipinski definition) is 1. The molecule has 1 unspecified atom stereocenters. The highest BCUT2D eigenvalue weighted by Crippen LogP contribution is 2.39. The van der Waals surface area contributed by atoms with Gasteiger partial charge < -0.3 is 14.4 Å². The van der Waals surface area contributed by atoms with Crippen molar-refractivity contribution in [2.45, 2.75) is 23.8 Å². The number of nitrogens with one attached hydrogen (secondary N) is 1. The average molecular weight is 467 g/mol. The topological polar surface area (TPSA) is 84.9 Å². The van der Waals surface area contributed by atoms with E-state index in [1.807, 2.05) is 23.1 Å². The van der Waals surface area contributed by atoms with E-state index in [1.165, 1.54) is 12.1 Å². The molecule has 1 fully saturated rings. The van der Waals surface area contributed by atoms with Crippen molar-refractivity contribution in [2.75, 3.05) is 25.5 Å². The van der Waals surface area contributed by atoms with Crippen LogP contribution >= 0.6 is 0 Å². The summed E-state index contributed by atoms with van der Waals surface area (Å²) in [5.74, 6) is 1.20. The number of ether oxygens (including phenoxy) is 2. The number of rotatable bonds is 7. The second-order valence-corrected chi connectivity index (χ2v) is 9.45. The third kappa shape index (κ3) is 4.80. The van der Waals surface area contributed by atoms with Crippen LogP contribution in [0.5, 0.6) is 11.5 Å². The predicted molar refractivity (Wildman–Crippen MR) is 126 cm³/mol. The molecule has 0 spiro atoms. The predicted octanol–water partition coefficient (Wildman–Crippen LogP) is 4.48. The first-order valence-electron chi connectivity index (χ1n) is 10.6. The maximum Gasteiger partial charge on any atom is 0.261 e. The molecular weight excluding hydrogens is 440 g/mol. The molecular formula is C25H26N2O5S. The summed E-state index contributed by atoms with van der Waals surface area (Å²) in [6.07, 6.45) is 1.68. The summed E-state index contributed by atoms with van der Waals surface area (Å²) in [4.78, 5) is 15.4. The molecule has 4 rings (SSSR count). The Balaban J connectivity index is 1.58. The van der Waals surface area contributed by atoms with Crippen LogP contribution in [0.25, 0.3) is 0 Å². The Labute approximate surface area is 194 Å². The SMILES string of the molecule is COc1ccc(C2CCCN2C(=O)c2cccc(NS(=O)(=O)c3ccccc3)c2)c(OC)c1. The van der Waals surface area contributed by atoms with Crippen molar-refractivity contribution in [3.63, 3.8) is 0 Å². The fourth-order valence-electron chi connectivity index (χ4n) is 4.12. The number of amides is 1. The van der Waals surface area contributed by atoms with Crippen molar-refractivity contribution >= 4 is 21.6 Å². The number of methoxy groups -OCH3 is 2. The van der Waals surface area contributed by atoms with E-state index in [-0.39, 0.29) is 16.8 Å². The van der Waals surface area contributed by atoms with Crippen LogP contribution in [-0.2, 0) is 10.0 Å². The van der Waals surface area contributed by atoms with Crippen LogP contribution in [0, 0.1) is 0 Å². The maximum absolute atomic E-state index is 13.4. The second kappa shape index (κ2) is 9.54. The molecule has 1 heterocycles. The summed E-state index contributed by atoms with van der Waals surface area (Å²) in [5.41, 5.74) is 1.68. The fraction of sp³-hybridized carbons (Fsp3) is 0.240. The number of hydrogen-bond acceptors (Lipinski definition) is 5. The van der Waals surface area contributed by atoms with E-state index in [2.05, 4.69) is 4.72 Å². The van der Waals surface area contributed by atoms with E-state index in [0.29, 0.717) is 29.3 Å². The second-order valence-electron chi connectivity index (χ2n) is 7.76. The molecule has 33 heavy (non-hydrogen) atoms. The Hall–Kier alpha value is -3.52.